The van der Waals surface area contributed by atoms with E-state index >= 15 is 0 Å². The fourth-order valence-electron chi connectivity index (χ4n) is 3.13. The number of nitrogens with zero attached hydrogens (tertiary/aromatic N) is 1. The molecule has 1 aromatic heterocycles. The first kappa shape index (κ1) is 17.2. The second-order valence-electron chi connectivity index (χ2n) is 6.01. The zero-order valence-corrected chi connectivity index (χ0v) is 14.3. The van der Waals surface area contributed by atoms with Crippen molar-refractivity contribution in [2.75, 3.05) is 25.6 Å². The summed E-state index contributed by atoms with van der Waals surface area (Å²) in [4.78, 5) is 16.8. The van der Waals surface area contributed by atoms with Crippen LogP contribution in [0.2, 0.25) is 0 Å². The molecule has 0 unspecified atom stereocenters. The van der Waals surface area contributed by atoms with Gasteiger partial charge in [0.25, 0.3) is 0 Å². The summed E-state index contributed by atoms with van der Waals surface area (Å²) in [6, 6.07) is 10.9. The van der Waals surface area contributed by atoms with Gasteiger partial charge in [0, 0.05) is 25.6 Å². The van der Waals surface area contributed by atoms with Gasteiger partial charge in [-0.25, -0.2) is 4.79 Å². The van der Waals surface area contributed by atoms with Crippen LogP contribution in [0.15, 0.2) is 48.8 Å². The standard InChI is InChI=1S/C19H23N3O3/c1-24-17-7-3-2-6-16(17)21-19(23)22-18(14-8-11-25-12-9-14)15-5-4-10-20-13-15/h2-7,10,13-14,18H,8-9,11-12H2,1H3,(H2,21,22,23)/t18-/m0/s1. The predicted octanol–water partition coefficient (Wildman–Crippen LogP) is 3.38. The van der Waals surface area contributed by atoms with Crippen molar-refractivity contribution in [3.8, 4) is 5.75 Å². The summed E-state index contributed by atoms with van der Waals surface area (Å²) in [6.45, 7) is 1.44. The summed E-state index contributed by atoms with van der Waals surface area (Å²) in [6.07, 6.45) is 5.37. The Kier molecular flexibility index (Phi) is 5.85. The molecular formula is C19H23N3O3. The second-order valence-corrected chi connectivity index (χ2v) is 6.01. The third-order valence-corrected chi connectivity index (χ3v) is 4.42. The third-order valence-electron chi connectivity index (χ3n) is 4.42. The average molecular weight is 341 g/mol. The van der Waals surface area contributed by atoms with E-state index in [-0.39, 0.29) is 12.1 Å². The molecule has 0 bridgehead atoms. The highest BCUT2D eigenvalue weighted by Gasteiger charge is 2.27. The SMILES string of the molecule is COc1ccccc1NC(=O)N[C@H](c1cccnc1)C1CCOCC1. The Hall–Kier alpha value is -2.60. The van der Waals surface area contributed by atoms with Crippen LogP contribution in [0.3, 0.4) is 0 Å². The average Bonchev–Trinajstić information content (AvgIpc) is 2.68. The van der Waals surface area contributed by atoms with Gasteiger partial charge in [-0.2, -0.15) is 0 Å². The van der Waals surface area contributed by atoms with Crippen LogP contribution >= 0.6 is 0 Å². The Labute approximate surface area is 147 Å². The van der Waals surface area contributed by atoms with Crippen molar-refractivity contribution in [1.29, 1.82) is 0 Å². The molecule has 2 N–H and O–H groups in total. The van der Waals surface area contributed by atoms with E-state index in [1.165, 1.54) is 0 Å². The Bertz CT molecular complexity index is 687. The van der Waals surface area contributed by atoms with Gasteiger partial charge in [0.15, 0.2) is 0 Å². The summed E-state index contributed by atoms with van der Waals surface area (Å²) in [5, 5.41) is 5.98. The molecule has 0 aliphatic carbocycles. The number of ether oxygens (including phenoxy) is 2. The van der Waals surface area contributed by atoms with E-state index in [0.29, 0.717) is 17.4 Å². The van der Waals surface area contributed by atoms with Gasteiger partial charge < -0.3 is 20.1 Å². The van der Waals surface area contributed by atoms with Gasteiger partial charge in [0.2, 0.25) is 0 Å². The van der Waals surface area contributed by atoms with Crippen LogP contribution in [-0.2, 0) is 4.74 Å². The van der Waals surface area contributed by atoms with Crippen LogP contribution in [0.5, 0.6) is 5.75 Å². The van der Waals surface area contributed by atoms with E-state index in [1.807, 2.05) is 42.6 Å². The van der Waals surface area contributed by atoms with Crippen LogP contribution in [0.1, 0.15) is 24.4 Å². The molecule has 0 saturated carbocycles. The smallest absolute Gasteiger partial charge is 0.319 e. The minimum absolute atomic E-state index is 0.104. The normalized spacial score (nSPS) is 16.0. The van der Waals surface area contributed by atoms with Gasteiger partial charge in [-0.15, -0.1) is 0 Å². The monoisotopic (exact) mass is 341 g/mol. The first-order chi connectivity index (χ1) is 12.3. The van der Waals surface area contributed by atoms with Gasteiger partial charge in [-0.3, -0.25) is 4.98 Å². The first-order valence-electron chi connectivity index (χ1n) is 8.46. The number of hydrogen-bond donors (Lipinski definition) is 2. The molecule has 6 nitrogen and oxygen atoms in total. The quantitative estimate of drug-likeness (QED) is 0.874. The zero-order chi connectivity index (χ0) is 17.5. The van der Waals surface area contributed by atoms with Gasteiger partial charge >= 0.3 is 6.03 Å². The number of nitrogens with one attached hydrogen (secondary N) is 2. The maximum absolute atomic E-state index is 12.6. The Morgan fingerprint density at radius 3 is 2.76 bits per heavy atom. The molecule has 1 aliphatic heterocycles. The van der Waals surface area contributed by atoms with E-state index in [2.05, 4.69) is 15.6 Å². The van der Waals surface area contributed by atoms with Gasteiger partial charge in [-0.05, 0) is 42.5 Å². The van der Waals surface area contributed by atoms with E-state index in [4.69, 9.17) is 9.47 Å². The molecule has 2 aromatic rings. The number of hydrogen-bond acceptors (Lipinski definition) is 4. The highest BCUT2D eigenvalue weighted by atomic mass is 16.5. The lowest BCUT2D eigenvalue weighted by Gasteiger charge is -2.31. The maximum Gasteiger partial charge on any atom is 0.319 e. The number of aromatic nitrogens is 1. The molecule has 1 atom stereocenters. The second kappa shape index (κ2) is 8.48. The van der Waals surface area contributed by atoms with Crippen molar-refractivity contribution in [2.24, 2.45) is 5.92 Å². The summed E-state index contributed by atoms with van der Waals surface area (Å²) < 4.78 is 10.7. The van der Waals surface area contributed by atoms with Gasteiger partial charge in [0.05, 0.1) is 18.8 Å². The molecule has 1 aromatic carbocycles. The number of rotatable bonds is 5. The number of amides is 2. The molecule has 132 valence electrons. The molecule has 2 amide bonds. The van der Waals surface area contributed by atoms with Gasteiger partial charge in [0.1, 0.15) is 5.75 Å². The van der Waals surface area contributed by atoms with Crippen LogP contribution in [-0.4, -0.2) is 31.3 Å². The lowest BCUT2D eigenvalue weighted by atomic mass is 9.88. The van der Waals surface area contributed by atoms with Crippen molar-refractivity contribution in [3.05, 3.63) is 54.4 Å². The van der Waals surface area contributed by atoms with E-state index in [9.17, 15) is 4.79 Å². The largest absolute Gasteiger partial charge is 0.495 e. The Morgan fingerprint density at radius 1 is 1.24 bits per heavy atom. The first-order valence-corrected chi connectivity index (χ1v) is 8.46. The molecule has 0 spiro atoms. The minimum atomic E-state index is -0.259. The highest BCUT2D eigenvalue weighted by molar-refractivity contribution is 5.91. The molecule has 25 heavy (non-hydrogen) atoms. The van der Waals surface area contributed by atoms with E-state index in [1.54, 1.807) is 13.3 Å². The topological polar surface area (TPSA) is 72.5 Å². The van der Waals surface area contributed by atoms with E-state index < -0.39 is 0 Å². The number of pyridine rings is 1. The lowest BCUT2D eigenvalue weighted by Crippen LogP contribution is -2.38. The van der Waals surface area contributed by atoms with Gasteiger partial charge in [-0.1, -0.05) is 18.2 Å². The number of anilines is 1. The number of methoxy groups -OCH3 is 1. The van der Waals surface area contributed by atoms with Crippen molar-refractivity contribution >= 4 is 11.7 Å². The third kappa shape index (κ3) is 4.48. The predicted molar refractivity (Wildman–Crippen MR) is 95.7 cm³/mol. The Morgan fingerprint density at radius 2 is 2.04 bits per heavy atom. The molecule has 2 heterocycles. The van der Waals surface area contributed by atoms with Crippen LogP contribution < -0.4 is 15.4 Å². The molecule has 1 aliphatic rings. The van der Waals surface area contributed by atoms with Crippen LogP contribution in [0.4, 0.5) is 10.5 Å². The Balaban J connectivity index is 1.74. The number of para-hydroxylation sites is 2. The molecule has 3 rings (SSSR count). The minimum Gasteiger partial charge on any atom is -0.495 e. The van der Waals surface area contributed by atoms with Crippen molar-refractivity contribution in [1.82, 2.24) is 10.3 Å². The summed E-state index contributed by atoms with van der Waals surface area (Å²) >= 11 is 0. The van der Waals surface area contributed by atoms with Crippen molar-refractivity contribution in [2.45, 2.75) is 18.9 Å². The zero-order valence-electron chi connectivity index (χ0n) is 14.3. The molecule has 1 fully saturated rings. The number of carbonyl (C=O) groups excluding carboxylic acids is 1. The van der Waals surface area contributed by atoms with Crippen LogP contribution in [0, 0.1) is 5.92 Å². The molecule has 6 heteroatoms. The van der Waals surface area contributed by atoms with E-state index in [0.717, 1.165) is 31.6 Å². The summed E-state index contributed by atoms with van der Waals surface area (Å²) in [5.74, 6) is 0.947. The fraction of sp³-hybridized carbons (Fsp3) is 0.368. The fourth-order valence-corrected chi connectivity index (χ4v) is 3.13. The highest BCUT2D eigenvalue weighted by Crippen LogP contribution is 2.30. The number of carbonyl (C=O) groups is 1. The van der Waals surface area contributed by atoms with Crippen LogP contribution in [0.25, 0.3) is 0 Å². The molecule has 0 radical (unpaired) electrons. The molecular weight excluding hydrogens is 318 g/mol. The summed E-state index contributed by atoms with van der Waals surface area (Å²) in [5.41, 5.74) is 1.64. The maximum atomic E-state index is 12.6. The lowest BCUT2D eigenvalue weighted by molar-refractivity contribution is 0.0550. The van der Waals surface area contributed by atoms with Crippen molar-refractivity contribution in [3.63, 3.8) is 0 Å². The molecule has 1 saturated heterocycles. The number of benzene rings is 1. The van der Waals surface area contributed by atoms with Crippen molar-refractivity contribution < 1.29 is 14.3 Å². The number of urea groups is 1. The summed E-state index contributed by atoms with van der Waals surface area (Å²) in [7, 11) is 1.58.